The molecule has 0 saturated carbocycles. The molecule has 0 aliphatic heterocycles. The lowest BCUT2D eigenvalue weighted by atomic mass is 10.1. The molecule has 0 bridgehead atoms. The number of benzene rings is 3. The summed E-state index contributed by atoms with van der Waals surface area (Å²) in [7, 11) is -0.384. The zero-order valence-corrected chi connectivity index (χ0v) is 24.9. The number of hydrogen-bond donors (Lipinski definition) is 2. The lowest BCUT2D eigenvalue weighted by Crippen LogP contribution is -2.48. The quantitative estimate of drug-likeness (QED) is 0.283. The molecule has 2 amide bonds. The van der Waals surface area contributed by atoms with Crippen molar-refractivity contribution in [3.05, 3.63) is 89.5 Å². The van der Waals surface area contributed by atoms with Gasteiger partial charge in [0.1, 0.15) is 6.04 Å². The molecule has 0 aliphatic carbocycles. The summed E-state index contributed by atoms with van der Waals surface area (Å²) in [5.41, 5.74) is 2.74. The first kappa shape index (κ1) is 31.6. The van der Waals surface area contributed by atoms with Crippen LogP contribution in [0.2, 0.25) is 0 Å². The number of sulfonamides is 1. The van der Waals surface area contributed by atoms with E-state index in [9.17, 15) is 18.0 Å². The first-order chi connectivity index (χ1) is 19.7. The van der Waals surface area contributed by atoms with Gasteiger partial charge in [0.25, 0.3) is 0 Å². The van der Waals surface area contributed by atoms with E-state index >= 15 is 0 Å². The Morgan fingerprint density at radius 3 is 2.15 bits per heavy atom. The van der Waals surface area contributed by atoms with E-state index in [-0.39, 0.29) is 23.1 Å². The minimum absolute atomic E-state index is 0.166. The number of aryl methyl sites for hydroxylation is 1. The molecule has 0 fully saturated rings. The van der Waals surface area contributed by atoms with Crippen LogP contribution in [-0.2, 0) is 39.0 Å². The summed E-state index contributed by atoms with van der Waals surface area (Å²) in [4.78, 5) is 28.3. The Hall–Kier alpha value is -3.89. The predicted octanol–water partition coefficient (Wildman–Crippen LogP) is 3.71. The molecule has 220 valence electrons. The highest BCUT2D eigenvalue weighted by Gasteiger charge is 2.26. The molecule has 3 aromatic rings. The maximum Gasteiger partial charge on any atom is 0.242 e. The molecule has 0 spiro atoms. The predicted molar refractivity (Wildman–Crippen MR) is 158 cm³/mol. The molecule has 3 rings (SSSR count). The van der Waals surface area contributed by atoms with Gasteiger partial charge in [-0.1, -0.05) is 55.5 Å². The van der Waals surface area contributed by atoms with Crippen molar-refractivity contribution in [2.24, 2.45) is 0 Å². The van der Waals surface area contributed by atoms with Gasteiger partial charge in [0.2, 0.25) is 21.8 Å². The van der Waals surface area contributed by atoms with Crippen molar-refractivity contribution in [2.75, 3.05) is 27.3 Å². The molecule has 0 aliphatic rings. The van der Waals surface area contributed by atoms with Gasteiger partial charge >= 0.3 is 0 Å². The SMILES string of the molecule is CCNS(=O)(=O)c1ccc(CCC(=O)N(Cc2ccccc2)[C@H](C)C(=O)NCCc2ccc(OC)c(OC)c2)cc1. The molecule has 0 unspecified atom stereocenters. The summed E-state index contributed by atoms with van der Waals surface area (Å²) in [6.07, 6.45) is 1.18. The van der Waals surface area contributed by atoms with Gasteiger partial charge in [-0.25, -0.2) is 13.1 Å². The number of hydrogen-bond acceptors (Lipinski definition) is 6. The number of methoxy groups -OCH3 is 2. The van der Waals surface area contributed by atoms with Gasteiger partial charge in [0, 0.05) is 26.1 Å². The molecule has 0 saturated heterocycles. The van der Waals surface area contributed by atoms with Crippen LogP contribution in [-0.4, -0.2) is 58.5 Å². The summed E-state index contributed by atoms with van der Waals surface area (Å²) in [6.45, 7) is 4.45. The Morgan fingerprint density at radius 1 is 0.854 bits per heavy atom. The number of amides is 2. The Kier molecular flexibility index (Phi) is 11.7. The topological polar surface area (TPSA) is 114 Å². The third-order valence-electron chi connectivity index (χ3n) is 6.72. The second-order valence-electron chi connectivity index (χ2n) is 9.56. The minimum atomic E-state index is -3.54. The zero-order chi connectivity index (χ0) is 29.8. The molecule has 10 heteroatoms. The third kappa shape index (κ3) is 9.06. The normalized spacial score (nSPS) is 11.9. The Balaban J connectivity index is 1.64. The fraction of sp³-hybridized carbons (Fsp3) is 0.355. The van der Waals surface area contributed by atoms with Crippen LogP contribution in [0, 0.1) is 0 Å². The van der Waals surface area contributed by atoms with Crippen molar-refractivity contribution in [3.63, 3.8) is 0 Å². The number of nitrogens with one attached hydrogen (secondary N) is 2. The fourth-order valence-electron chi connectivity index (χ4n) is 4.38. The van der Waals surface area contributed by atoms with Crippen LogP contribution in [0.5, 0.6) is 11.5 Å². The van der Waals surface area contributed by atoms with Crippen LogP contribution in [0.1, 0.15) is 37.0 Å². The van der Waals surface area contributed by atoms with Gasteiger partial charge in [-0.05, 0) is 60.7 Å². The van der Waals surface area contributed by atoms with E-state index in [0.29, 0.717) is 44.0 Å². The van der Waals surface area contributed by atoms with E-state index < -0.39 is 16.1 Å². The van der Waals surface area contributed by atoms with E-state index in [2.05, 4.69) is 10.0 Å². The second-order valence-corrected chi connectivity index (χ2v) is 11.3. The lowest BCUT2D eigenvalue weighted by molar-refractivity contribution is -0.140. The maximum absolute atomic E-state index is 13.4. The molecule has 1 atom stereocenters. The van der Waals surface area contributed by atoms with Crippen LogP contribution in [0.15, 0.2) is 77.7 Å². The molecule has 2 N–H and O–H groups in total. The molecule has 0 aromatic heterocycles. The van der Waals surface area contributed by atoms with E-state index in [0.717, 1.165) is 16.7 Å². The van der Waals surface area contributed by atoms with Crippen molar-refractivity contribution in [1.29, 1.82) is 0 Å². The van der Waals surface area contributed by atoms with Gasteiger partial charge in [-0.2, -0.15) is 0 Å². The van der Waals surface area contributed by atoms with Gasteiger partial charge in [-0.15, -0.1) is 0 Å². The van der Waals surface area contributed by atoms with Crippen molar-refractivity contribution < 1.29 is 27.5 Å². The highest BCUT2D eigenvalue weighted by molar-refractivity contribution is 7.89. The summed E-state index contributed by atoms with van der Waals surface area (Å²) < 4.78 is 37.5. The van der Waals surface area contributed by atoms with Gasteiger partial charge in [0.05, 0.1) is 19.1 Å². The first-order valence-corrected chi connectivity index (χ1v) is 15.1. The molecule has 41 heavy (non-hydrogen) atoms. The van der Waals surface area contributed by atoms with Crippen LogP contribution < -0.4 is 19.5 Å². The van der Waals surface area contributed by atoms with Crippen LogP contribution in [0.25, 0.3) is 0 Å². The highest BCUT2D eigenvalue weighted by Crippen LogP contribution is 2.27. The molecular formula is C31H39N3O6S. The third-order valence-corrected chi connectivity index (χ3v) is 8.28. The molecular weight excluding hydrogens is 542 g/mol. The Bertz CT molecular complexity index is 1400. The van der Waals surface area contributed by atoms with E-state index in [1.54, 1.807) is 45.1 Å². The minimum Gasteiger partial charge on any atom is -0.493 e. The lowest BCUT2D eigenvalue weighted by Gasteiger charge is -2.29. The Labute approximate surface area is 242 Å². The van der Waals surface area contributed by atoms with Crippen molar-refractivity contribution in [2.45, 2.75) is 50.6 Å². The van der Waals surface area contributed by atoms with Gasteiger partial charge in [0.15, 0.2) is 11.5 Å². The average Bonchev–Trinajstić information content (AvgIpc) is 2.98. The van der Waals surface area contributed by atoms with Gasteiger partial charge < -0.3 is 19.7 Å². The Morgan fingerprint density at radius 2 is 1.51 bits per heavy atom. The summed E-state index contributed by atoms with van der Waals surface area (Å²) in [5, 5.41) is 2.95. The van der Waals surface area contributed by atoms with E-state index in [4.69, 9.17) is 9.47 Å². The van der Waals surface area contributed by atoms with Gasteiger partial charge in [-0.3, -0.25) is 9.59 Å². The largest absolute Gasteiger partial charge is 0.493 e. The fourth-order valence-corrected chi connectivity index (χ4v) is 5.42. The monoisotopic (exact) mass is 581 g/mol. The van der Waals surface area contributed by atoms with E-state index in [1.165, 1.54) is 12.1 Å². The highest BCUT2D eigenvalue weighted by atomic mass is 32.2. The molecule has 0 heterocycles. The number of ether oxygens (including phenoxy) is 2. The average molecular weight is 582 g/mol. The summed E-state index contributed by atoms with van der Waals surface area (Å²) in [5.74, 6) is 0.852. The smallest absolute Gasteiger partial charge is 0.242 e. The number of carbonyl (C=O) groups is 2. The molecule has 9 nitrogen and oxygen atoms in total. The molecule has 0 radical (unpaired) electrons. The summed E-state index contributed by atoms with van der Waals surface area (Å²) >= 11 is 0. The standard InChI is InChI=1S/C31H39N3O6S/c1-5-33-41(37,38)27-15-11-24(12-16-27)14-18-30(35)34(22-26-9-7-6-8-10-26)23(2)31(36)32-20-19-25-13-17-28(39-3)29(21-25)40-4/h6-13,15-17,21,23,33H,5,14,18-20,22H2,1-4H3,(H,32,36)/t23-/m1/s1. The molecule has 3 aromatic carbocycles. The van der Waals surface area contributed by atoms with Crippen molar-refractivity contribution in [3.8, 4) is 11.5 Å². The second kappa shape index (κ2) is 15.2. The van der Waals surface area contributed by atoms with Crippen molar-refractivity contribution >= 4 is 21.8 Å². The number of carbonyl (C=O) groups excluding carboxylic acids is 2. The first-order valence-electron chi connectivity index (χ1n) is 13.6. The summed E-state index contributed by atoms with van der Waals surface area (Å²) in [6, 6.07) is 21.0. The van der Waals surface area contributed by atoms with Crippen LogP contribution >= 0.6 is 0 Å². The number of rotatable bonds is 15. The number of nitrogens with zero attached hydrogens (tertiary/aromatic N) is 1. The maximum atomic E-state index is 13.4. The van der Waals surface area contributed by atoms with Crippen molar-refractivity contribution in [1.82, 2.24) is 14.9 Å². The van der Waals surface area contributed by atoms with Crippen LogP contribution in [0.4, 0.5) is 0 Å². The van der Waals surface area contributed by atoms with E-state index in [1.807, 2.05) is 48.5 Å². The zero-order valence-electron chi connectivity index (χ0n) is 24.1. The van der Waals surface area contributed by atoms with Crippen LogP contribution in [0.3, 0.4) is 0 Å².